The zero-order valence-corrected chi connectivity index (χ0v) is 14.2. The fourth-order valence-corrected chi connectivity index (χ4v) is 2.64. The number of hydrogen-bond acceptors (Lipinski definition) is 4. The molecule has 8 heteroatoms. The molecule has 2 rings (SSSR count). The first kappa shape index (κ1) is 19.1. The van der Waals surface area contributed by atoms with Gasteiger partial charge < -0.3 is 5.11 Å². The predicted octanol–water partition coefficient (Wildman–Crippen LogP) is 2.75. The zero-order chi connectivity index (χ0) is 17.6. The second kappa shape index (κ2) is 8.09. The smallest absolute Gasteiger partial charge is 0.336 e. The molecule has 0 spiro atoms. The molecule has 0 saturated carbocycles. The Bertz CT molecular complexity index is 777. The molecule has 0 aliphatic carbocycles. The van der Waals surface area contributed by atoms with E-state index in [1.165, 1.54) is 38.4 Å². The number of hydrogen-bond donors (Lipinski definition) is 2. The van der Waals surface area contributed by atoms with Crippen LogP contribution in [0.1, 0.15) is 10.4 Å². The van der Waals surface area contributed by atoms with Gasteiger partial charge in [-0.2, -0.15) is 0 Å². The van der Waals surface area contributed by atoms with E-state index in [9.17, 15) is 17.6 Å². The number of benzene rings is 2. The molecule has 0 aromatic heterocycles. The Balaban J connectivity index is 0.000000313. The molecule has 0 aliphatic heterocycles. The number of nitrogens with zero attached hydrogens (tertiary/aromatic N) is 1. The van der Waals surface area contributed by atoms with Gasteiger partial charge >= 0.3 is 5.97 Å². The van der Waals surface area contributed by atoms with Crippen LogP contribution in [-0.2, 0) is 10.0 Å². The van der Waals surface area contributed by atoms with Crippen LogP contribution in [0.4, 0.5) is 4.39 Å². The number of rotatable bonds is 3. The largest absolute Gasteiger partial charge is 0.478 e. The molecule has 23 heavy (non-hydrogen) atoms. The quantitative estimate of drug-likeness (QED) is 0.829. The van der Waals surface area contributed by atoms with Gasteiger partial charge in [0, 0.05) is 19.0 Å². The van der Waals surface area contributed by atoms with E-state index in [0.29, 0.717) is 0 Å². The van der Waals surface area contributed by atoms with E-state index in [4.69, 9.17) is 5.11 Å². The van der Waals surface area contributed by atoms with Crippen LogP contribution in [-0.4, -0.2) is 37.9 Å². The maximum atomic E-state index is 11.9. The first-order chi connectivity index (χ1) is 10.7. The van der Waals surface area contributed by atoms with Gasteiger partial charge in [-0.3, -0.25) is 0 Å². The molecule has 2 aromatic rings. The fraction of sp³-hybridized carbons (Fsp3) is 0.133. The standard InChI is InChI=1S/C9H11NO4S2.C6H5F/c1-10(2)16(13,14)6-3-4-8(15)7(5-6)9(11)12;7-6-4-2-1-3-5-6/h3-5,15H,1-2H3,(H,11,12);1-5H. The molecule has 0 radical (unpaired) electrons. The Hall–Kier alpha value is -1.90. The number of sulfonamides is 1. The Morgan fingerprint density at radius 2 is 1.70 bits per heavy atom. The Morgan fingerprint density at radius 3 is 2.09 bits per heavy atom. The second-order valence-corrected chi connectivity index (χ2v) is 7.20. The molecule has 1 N–H and O–H groups in total. The van der Waals surface area contributed by atoms with Gasteiger partial charge in [0.2, 0.25) is 10.0 Å². The van der Waals surface area contributed by atoms with Crippen molar-refractivity contribution >= 4 is 28.6 Å². The highest BCUT2D eigenvalue weighted by Gasteiger charge is 2.19. The van der Waals surface area contributed by atoms with Crippen LogP contribution in [0.15, 0.2) is 58.3 Å². The van der Waals surface area contributed by atoms with E-state index in [2.05, 4.69) is 12.6 Å². The van der Waals surface area contributed by atoms with Crippen LogP contribution >= 0.6 is 12.6 Å². The number of aromatic carboxylic acids is 1. The Morgan fingerprint density at radius 1 is 1.13 bits per heavy atom. The summed E-state index contributed by atoms with van der Waals surface area (Å²) in [5, 5.41) is 8.84. The number of carboxylic acids is 1. The maximum Gasteiger partial charge on any atom is 0.336 e. The van der Waals surface area contributed by atoms with Gasteiger partial charge in [0.25, 0.3) is 0 Å². The Kier molecular flexibility index (Phi) is 6.74. The molecule has 0 fully saturated rings. The first-order valence-corrected chi connectivity index (χ1v) is 8.24. The number of halogens is 1. The molecule has 5 nitrogen and oxygen atoms in total. The average Bonchev–Trinajstić information content (AvgIpc) is 2.48. The van der Waals surface area contributed by atoms with Crippen molar-refractivity contribution in [1.82, 2.24) is 4.31 Å². The van der Waals surface area contributed by atoms with Gasteiger partial charge in [-0.25, -0.2) is 21.9 Å². The highest BCUT2D eigenvalue weighted by atomic mass is 32.2. The van der Waals surface area contributed by atoms with Crippen molar-refractivity contribution in [2.75, 3.05) is 14.1 Å². The molecule has 0 aliphatic rings. The van der Waals surface area contributed by atoms with Crippen molar-refractivity contribution in [3.63, 3.8) is 0 Å². The minimum Gasteiger partial charge on any atom is -0.478 e. The number of carbonyl (C=O) groups is 1. The van der Waals surface area contributed by atoms with Crippen LogP contribution in [0.25, 0.3) is 0 Å². The van der Waals surface area contributed by atoms with Crippen LogP contribution in [0.2, 0.25) is 0 Å². The molecule has 0 amide bonds. The van der Waals surface area contributed by atoms with Gasteiger partial charge in [0.15, 0.2) is 0 Å². The van der Waals surface area contributed by atoms with Crippen LogP contribution in [0.5, 0.6) is 0 Å². The van der Waals surface area contributed by atoms with E-state index >= 15 is 0 Å². The molecule has 0 saturated heterocycles. The molecule has 0 unspecified atom stereocenters. The fourth-order valence-electron chi connectivity index (χ4n) is 1.47. The lowest BCUT2D eigenvalue weighted by atomic mass is 10.2. The maximum absolute atomic E-state index is 11.9. The summed E-state index contributed by atoms with van der Waals surface area (Å²) in [7, 11) is -0.855. The lowest BCUT2D eigenvalue weighted by Gasteiger charge is -2.12. The van der Waals surface area contributed by atoms with Gasteiger partial charge in [-0.15, -0.1) is 12.6 Å². The second-order valence-electron chi connectivity index (χ2n) is 4.57. The highest BCUT2D eigenvalue weighted by Crippen LogP contribution is 2.20. The summed E-state index contributed by atoms with van der Waals surface area (Å²) in [6, 6.07) is 11.7. The average molecular weight is 357 g/mol. The molecular weight excluding hydrogens is 341 g/mol. The van der Waals surface area contributed by atoms with Crippen molar-refractivity contribution in [2.45, 2.75) is 9.79 Å². The summed E-state index contributed by atoms with van der Waals surface area (Å²) in [4.78, 5) is 11.0. The van der Waals surface area contributed by atoms with Crippen molar-refractivity contribution in [1.29, 1.82) is 0 Å². The van der Waals surface area contributed by atoms with Crippen molar-refractivity contribution < 1.29 is 22.7 Å². The SMILES string of the molecule is CN(C)S(=O)(=O)c1ccc(S)c(C(=O)O)c1.Fc1ccccc1. The summed E-state index contributed by atoms with van der Waals surface area (Å²) in [6.45, 7) is 0. The predicted molar refractivity (Wildman–Crippen MR) is 87.9 cm³/mol. The monoisotopic (exact) mass is 357 g/mol. The number of thiol groups is 1. The lowest BCUT2D eigenvalue weighted by Crippen LogP contribution is -2.22. The van der Waals surface area contributed by atoms with E-state index < -0.39 is 16.0 Å². The molecule has 0 heterocycles. The summed E-state index contributed by atoms with van der Waals surface area (Å²) in [6.07, 6.45) is 0. The minimum atomic E-state index is -3.61. The van der Waals surface area contributed by atoms with Crippen molar-refractivity contribution in [3.05, 3.63) is 59.9 Å². The van der Waals surface area contributed by atoms with Gasteiger partial charge in [0.05, 0.1) is 10.5 Å². The van der Waals surface area contributed by atoms with Gasteiger partial charge in [-0.1, -0.05) is 18.2 Å². The molecule has 124 valence electrons. The highest BCUT2D eigenvalue weighted by molar-refractivity contribution is 7.89. The topological polar surface area (TPSA) is 74.7 Å². The van der Waals surface area contributed by atoms with Crippen LogP contribution in [0.3, 0.4) is 0 Å². The van der Waals surface area contributed by atoms with Crippen molar-refractivity contribution in [2.24, 2.45) is 0 Å². The lowest BCUT2D eigenvalue weighted by molar-refractivity contribution is 0.0693. The van der Waals surface area contributed by atoms with E-state index in [1.54, 1.807) is 18.2 Å². The van der Waals surface area contributed by atoms with Crippen molar-refractivity contribution in [3.8, 4) is 0 Å². The number of carboxylic acid groups (broad SMARTS) is 1. The molecular formula is C15H16FNO4S2. The minimum absolute atomic E-state index is 0.0623. The van der Waals surface area contributed by atoms with Crippen LogP contribution in [0, 0.1) is 5.82 Å². The molecule has 0 bridgehead atoms. The summed E-state index contributed by atoms with van der Waals surface area (Å²) in [5.74, 6) is -1.39. The van der Waals surface area contributed by atoms with Gasteiger partial charge in [0.1, 0.15) is 5.82 Å². The van der Waals surface area contributed by atoms with E-state index in [-0.39, 0.29) is 21.2 Å². The molecule has 2 aromatic carbocycles. The molecule has 0 atom stereocenters. The van der Waals surface area contributed by atoms with Gasteiger partial charge in [-0.05, 0) is 30.3 Å². The first-order valence-electron chi connectivity index (χ1n) is 6.35. The third-order valence-corrected chi connectivity index (χ3v) is 4.91. The summed E-state index contributed by atoms with van der Waals surface area (Å²) < 4.78 is 36.4. The zero-order valence-electron chi connectivity index (χ0n) is 12.5. The Labute approximate surface area is 139 Å². The third kappa shape index (κ3) is 5.34. The van der Waals surface area contributed by atoms with E-state index in [0.717, 1.165) is 10.4 Å². The van der Waals surface area contributed by atoms with E-state index in [1.807, 2.05) is 0 Å². The third-order valence-electron chi connectivity index (χ3n) is 2.71. The normalized spacial score (nSPS) is 10.8. The summed E-state index contributed by atoms with van der Waals surface area (Å²) in [5.41, 5.74) is -0.133. The van der Waals surface area contributed by atoms with Crippen LogP contribution < -0.4 is 0 Å². The summed E-state index contributed by atoms with van der Waals surface area (Å²) >= 11 is 3.94.